The maximum Gasteiger partial charge on any atom is 0.337 e. The summed E-state index contributed by atoms with van der Waals surface area (Å²) in [6.45, 7) is 0.270. The summed E-state index contributed by atoms with van der Waals surface area (Å²) in [6.07, 6.45) is 1.26. The lowest BCUT2D eigenvalue weighted by molar-refractivity contribution is 0.0600. The van der Waals surface area contributed by atoms with Gasteiger partial charge in [0.25, 0.3) is 0 Å². The fraction of sp³-hybridized carbons (Fsp3) is 0.385. The highest BCUT2D eigenvalue weighted by Gasteiger charge is 2.27. The molecule has 7 nitrogen and oxygen atoms in total. The van der Waals surface area contributed by atoms with Crippen molar-refractivity contribution in [1.82, 2.24) is 0 Å². The van der Waals surface area contributed by atoms with Crippen molar-refractivity contribution in [3.63, 3.8) is 0 Å². The first-order chi connectivity index (χ1) is 9.85. The van der Waals surface area contributed by atoms with Crippen molar-refractivity contribution >= 4 is 27.6 Å². The molecule has 0 aromatic heterocycles. The molecule has 1 aromatic carbocycles. The summed E-state index contributed by atoms with van der Waals surface area (Å²) < 4.78 is 29.9. The molecule has 1 N–H and O–H groups in total. The standard InChI is InChI=1S/C13H15NO6S/c1-20-13(17)10-6-9(12(15)16)7-11(8-10)14-4-2-3-5-21(14,18)19/h6-8H,2-5H2,1H3,(H,15,16). The van der Waals surface area contributed by atoms with Crippen molar-refractivity contribution in [2.24, 2.45) is 0 Å². The average molecular weight is 313 g/mol. The van der Waals surface area contributed by atoms with Crippen LogP contribution in [0.5, 0.6) is 0 Å². The smallest absolute Gasteiger partial charge is 0.337 e. The zero-order chi connectivity index (χ0) is 15.6. The number of methoxy groups -OCH3 is 1. The Kier molecular flexibility index (Phi) is 4.17. The Morgan fingerprint density at radius 1 is 1.19 bits per heavy atom. The fourth-order valence-electron chi connectivity index (χ4n) is 2.19. The van der Waals surface area contributed by atoms with E-state index in [-0.39, 0.29) is 29.1 Å². The van der Waals surface area contributed by atoms with Crippen LogP contribution in [0, 0.1) is 0 Å². The number of hydrogen-bond donors (Lipinski definition) is 1. The van der Waals surface area contributed by atoms with Crippen LogP contribution < -0.4 is 4.31 Å². The van der Waals surface area contributed by atoms with Gasteiger partial charge in [0.2, 0.25) is 10.0 Å². The van der Waals surface area contributed by atoms with Gasteiger partial charge in [-0.1, -0.05) is 0 Å². The maximum atomic E-state index is 12.1. The van der Waals surface area contributed by atoms with Gasteiger partial charge in [-0.05, 0) is 31.0 Å². The molecule has 0 radical (unpaired) electrons. The second-order valence-corrected chi connectivity index (χ2v) is 6.67. The van der Waals surface area contributed by atoms with Gasteiger partial charge in [-0.15, -0.1) is 0 Å². The molecule has 8 heteroatoms. The minimum absolute atomic E-state index is 0.00757. The van der Waals surface area contributed by atoms with Crippen LogP contribution in [-0.2, 0) is 14.8 Å². The SMILES string of the molecule is COC(=O)c1cc(C(=O)O)cc(N2CCCCS2(=O)=O)c1. The predicted molar refractivity (Wildman–Crippen MR) is 75.1 cm³/mol. The number of ether oxygens (including phenoxy) is 1. The molecule has 114 valence electrons. The summed E-state index contributed by atoms with van der Waals surface area (Å²) in [4.78, 5) is 22.7. The molecule has 1 heterocycles. The molecule has 0 saturated carbocycles. The monoisotopic (exact) mass is 313 g/mol. The first kappa shape index (κ1) is 15.3. The number of carboxylic acids is 1. The van der Waals surface area contributed by atoms with Gasteiger partial charge in [-0.2, -0.15) is 0 Å². The number of esters is 1. The molecule has 0 amide bonds. The summed E-state index contributed by atoms with van der Waals surface area (Å²) in [6, 6.07) is 3.74. The van der Waals surface area contributed by atoms with Gasteiger partial charge in [0.05, 0.1) is 29.7 Å². The topological polar surface area (TPSA) is 101 Å². The Hall–Kier alpha value is -2.09. The lowest BCUT2D eigenvalue weighted by Crippen LogP contribution is -2.38. The molecular weight excluding hydrogens is 298 g/mol. The van der Waals surface area contributed by atoms with Crippen LogP contribution in [-0.4, -0.2) is 44.9 Å². The highest BCUT2D eigenvalue weighted by Crippen LogP contribution is 2.26. The Morgan fingerprint density at radius 3 is 2.43 bits per heavy atom. The van der Waals surface area contributed by atoms with E-state index in [1.165, 1.54) is 19.2 Å². The highest BCUT2D eigenvalue weighted by atomic mass is 32.2. The minimum atomic E-state index is -3.48. The molecular formula is C13H15NO6S. The third kappa shape index (κ3) is 3.15. The van der Waals surface area contributed by atoms with E-state index < -0.39 is 22.0 Å². The Morgan fingerprint density at radius 2 is 1.86 bits per heavy atom. The van der Waals surface area contributed by atoms with Crippen molar-refractivity contribution in [1.29, 1.82) is 0 Å². The van der Waals surface area contributed by atoms with E-state index in [1.54, 1.807) is 0 Å². The first-order valence-corrected chi connectivity index (χ1v) is 7.93. The molecule has 0 unspecified atom stereocenters. The maximum absolute atomic E-state index is 12.1. The van der Waals surface area contributed by atoms with E-state index >= 15 is 0 Å². The Bertz CT molecular complexity index is 682. The number of anilines is 1. The van der Waals surface area contributed by atoms with Gasteiger partial charge in [-0.25, -0.2) is 18.0 Å². The molecule has 1 aliphatic heterocycles. The van der Waals surface area contributed by atoms with Crippen LogP contribution in [0.15, 0.2) is 18.2 Å². The zero-order valence-corrected chi connectivity index (χ0v) is 12.2. The van der Waals surface area contributed by atoms with Crippen LogP contribution in [0.4, 0.5) is 5.69 Å². The predicted octanol–water partition coefficient (Wildman–Crippen LogP) is 1.10. The molecule has 1 saturated heterocycles. The van der Waals surface area contributed by atoms with Gasteiger partial charge in [0, 0.05) is 6.54 Å². The van der Waals surface area contributed by atoms with E-state index in [0.29, 0.717) is 12.8 Å². The molecule has 0 spiro atoms. The fourth-order valence-corrected chi connectivity index (χ4v) is 3.82. The second kappa shape index (κ2) is 5.72. The zero-order valence-electron chi connectivity index (χ0n) is 11.4. The lowest BCUT2D eigenvalue weighted by atomic mass is 10.1. The third-order valence-electron chi connectivity index (χ3n) is 3.22. The number of rotatable bonds is 3. The minimum Gasteiger partial charge on any atom is -0.478 e. The van der Waals surface area contributed by atoms with Crippen LogP contribution in [0.1, 0.15) is 33.6 Å². The van der Waals surface area contributed by atoms with E-state index in [4.69, 9.17) is 5.11 Å². The summed E-state index contributed by atoms with van der Waals surface area (Å²) in [7, 11) is -2.31. The lowest BCUT2D eigenvalue weighted by Gasteiger charge is -2.28. The van der Waals surface area contributed by atoms with Gasteiger partial charge in [-0.3, -0.25) is 4.31 Å². The average Bonchev–Trinajstić information content (AvgIpc) is 2.45. The summed E-state index contributed by atoms with van der Waals surface area (Å²) >= 11 is 0. The normalized spacial score (nSPS) is 17.3. The van der Waals surface area contributed by atoms with Crippen molar-refractivity contribution in [3.05, 3.63) is 29.3 Å². The van der Waals surface area contributed by atoms with Crippen molar-refractivity contribution in [2.75, 3.05) is 23.7 Å². The van der Waals surface area contributed by atoms with Crippen molar-refractivity contribution in [2.45, 2.75) is 12.8 Å². The third-order valence-corrected chi connectivity index (χ3v) is 5.09. The summed E-state index contributed by atoms with van der Waals surface area (Å²) in [5.74, 6) is -1.94. The number of carboxylic acid groups (broad SMARTS) is 1. The van der Waals surface area contributed by atoms with Crippen LogP contribution in [0.2, 0.25) is 0 Å². The van der Waals surface area contributed by atoms with Crippen molar-refractivity contribution < 1.29 is 27.9 Å². The largest absolute Gasteiger partial charge is 0.478 e. The summed E-state index contributed by atoms with van der Waals surface area (Å²) in [5, 5.41) is 9.10. The van der Waals surface area contributed by atoms with Gasteiger partial charge in [0.1, 0.15) is 0 Å². The van der Waals surface area contributed by atoms with Gasteiger partial charge < -0.3 is 9.84 Å². The molecule has 1 aliphatic rings. The first-order valence-electron chi connectivity index (χ1n) is 6.32. The molecule has 1 fully saturated rings. The van der Waals surface area contributed by atoms with Gasteiger partial charge >= 0.3 is 11.9 Å². The van der Waals surface area contributed by atoms with Crippen LogP contribution >= 0.6 is 0 Å². The second-order valence-electron chi connectivity index (χ2n) is 4.66. The molecule has 2 rings (SSSR count). The van der Waals surface area contributed by atoms with E-state index in [2.05, 4.69) is 4.74 Å². The summed E-state index contributed by atoms with van der Waals surface area (Å²) in [5.41, 5.74) is 0.0249. The quantitative estimate of drug-likeness (QED) is 0.839. The van der Waals surface area contributed by atoms with Crippen molar-refractivity contribution in [3.8, 4) is 0 Å². The van der Waals surface area contributed by atoms with Gasteiger partial charge in [0.15, 0.2) is 0 Å². The molecule has 0 atom stereocenters. The number of carbonyl (C=O) groups excluding carboxylic acids is 1. The van der Waals surface area contributed by atoms with Crippen LogP contribution in [0.25, 0.3) is 0 Å². The number of aromatic carboxylic acids is 1. The van der Waals surface area contributed by atoms with E-state index in [1.807, 2.05) is 0 Å². The van der Waals surface area contributed by atoms with E-state index in [0.717, 1.165) is 10.4 Å². The molecule has 0 aliphatic carbocycles. The number of nitrogens with zero attached hydrogens (tertiary/aromatic N) is 1. The Balaban J connectivity index is 2.54. The highest BCUT2D eigenvalue weighted by molar-refractivity contribution is 7.92. The number of sulfonamides is 1. The number of benzene rings is 1. The van der Waals surface area contributed by atoms with Crippen LogP contribution in [0.3, 0.4) is 0 Å². The van der Waals surface area contributed by atoms with E-state index in [9.17, 15) is 18.0 Å². The Labute approximate surface area is 122 Å². The number of carbonyl (C=O) groups is 2. The molecule has 21 heavy (non-hydrogen) atoms. The molecule has 1 aromatic rings. The number of hydrogen-bond acceptors (Lipinski definition) is 5. The molecule has 0 bridgehead atoms.